The molecular formula is C17H29N3O2. The molecule has 1 saturated carbocycles. The summed E-state index contributed by atoms with van der Waals surface area (Å²) >= 11 is 0. The molecule has 1 aromatic heterocycles. The Hall–Kier alpha value is -0.940. The zero-order valence-corrected chi connectivity index (χ0v) is 13.9. The van der Waals surface area contributed by atoms with Gasteiger partial charge in [0.25, 0.3) is 0 Å². The lowest BCUT2D eigenvalue weighted by atomic mass is 9.88. The lowest BCUT2D eigenvalue weighted by molar-refractivity contribution is 0.0457. The van der Waals surface area contributed by atoms with Crippen LogP contribution in [-0.2, 0) is 4.74 Å². The Balaban J connectivity index is 1.74. The minimum absolute atomic E-state index is 0.187. The van der Waals surface area contributed by atoms with E-state index in [1.807, 2.05) is 0 Å². The van der Waals surface area contributed by atoms with Gasteiger partial charge in [-0.15, -0.1) is 0 Å². The third-order valence-corrected chi connectivity index (χ3v) is 5.00. The monoisotopic (exact) mass is 307 g/mol. The first kappa shape index (κ1) is 15.9. The molecule has 3 rings (SSSR count). The van der Waals surface area contributed by atoms with Gasteiger partial charge in [0, 0.05) is 25.2 Å². The first-order valence-electron chi connectivity index (χ1n) is 8.91. The van der Waals surface area contributed by atoms with E-state index in [1.165, 1.54) is 32.1 Å². The van der Waals surface area contributed by atoms with E-state index >= 15 is 0 Å². The molecule has 22 heavy (non-hydrogen) atoms. The highest BCUT2D eigenvalue weighted by Crippen LogP contribution is 2.32. The summed E-state index contributed by atoms with van der Waals surface area (Å²) in [6, 6.07) is 0.781. The fourth-order valence-electron chi connectivity index (χ4n) is 3.59. The number of aromatic nitrogens is 2. The van der Waals surface area contributed by atoms with E-state index in [2.05, 4.69) is 29.3 Å². The van der Waals surface area contributed by atoms with Gasteiger partial charge < -0.3 is 14.6 Å². The number of ether oxygens (including phenoxy) is 1. The van der Waals surface area contributed by atoms with E-state index in [0.717, 1.165) is 37.8 Å². The highest BCUT2D eigenvalue weighted by molar-refractivity contribution is 5.00. The molecule has 1 saturated heterocycles. The van der Waals surface area contributed by atoms with Crippen molar-refractivity contribution in [1.29, 1.82) is 0 Å². The maximum Gasteiger partial charge on any atom is 0.244 e. The molecule has 0 amide bonds. The van der Waals surface area contributed by atoms with E-state index in [1.54, 1.807) is 0 Å². The van der Waals surface area contributed by atoms with Crippen LogP contribution in [0.3, 0.4) is 0 Å². The van der Waals surface area contributed by atoms with Crippen LogP contribution in [0.4, 0.5) is 0 Å². The molecule has 2 fully saturated rings. The fraction of sp³-hybridized carbons (Fsp3) is 0.882. The Morgan fingerprint density at radius 2 is 1.77 bits per heavy atom. The summed E-state index contributed by atoms with van der Waals surface area (Å²) in [5, 5.41) is 8.01. The highest BCUT2D eigenvalue weighted by atomic mass is 16.5. The van der Waals surface area contributed by atoms with Crippen LogP contribution in [0, 0.1) is 5.92 Å². The summed E-state index contributed by atoms with van der Waals surface area (Å²) in [6.45, 7) is 5.90. The van der Waals surface area contributed by atoms with E-state index in [0.29, 0.717) is 17.9 Å². The summed E-state index contributed by atoms with van der Waals surface area (Å²) in [5.41, 5.74) is 0. The van der Waals surface area contributed by atoms with Crippen LogP contribution >= 0.6 is 0 Å². The van der Waals surface area contributed by atoms with Crippen LogP contribution < -0.4 is 5.32 Å². The molecular weight excluding hydrogens is 278 g/mol. The van der Waals surface area contributed by atoms with Crippen molar-refractivity contribution in [2.75, 3.05) is 13.2 Å². The Morgan fingerprint density at radius 1 is 1.05 bits per heavy atom. The van der Waals surface area contributed by atoms with Gasteiger partial charge in [0.05, 0.1) is 6.04 Å². The second-order valence-corrected chi connectivity index (χ2v) is 7.07. The van der Waals surface area contributed by atoms with Gasteiger partial charge in [-0.25, -0.2) is 0 Å². The second-order valence-electron chi connectivity index (χ2n) is 7.07. The molecule has 2 heterocycles. The van der Waals surface area contributed by atoms with Crippen LogP contribution in [0.15, 0.2) is 4.52 Å². The minimum Gasteiger partial charge on any atom is -0.381 e. The van der Waals surface area contributed by atoms with Gasteiger partial charge in [-0.3, -0.25) is 0 Å². The number of hydrogen-bond acceptors (Lipinski definition) is 5. The van der Waals surface area contributed by atoms with Crippen molar-refractivity contribution in [3.8, 4) is 0 Å². The van der Waals surface area contributed by atoms with E-state index < -0.39 is 0 Å². The highest BCUT2D eigenvalue weighted by Gasteiger charge is 2.32. The number of rotatable bonds is 5. The molecule has 1 atom stereocenters. The van der Waals surface area contributed by atoms with Crippen LogP contribution in [0.1, 0.15) is 82.5 Å². The topological polar surface area (TPSA) is 60.2 Å². The first-order chi connectivity index (χ1) is 10.7. The zero-order chi connectivity index (χ0) is 15.4. The second kappa shape index (κ2) is 7.55. The van der Waals surface area contributed by atoms with Crippen molar-refractivity contribution in [3.63, 3.8) is 0 Å². The van der Waals surface area contributed by atoms with Crippen LogP contribution in [0.5, 0.6) is 0 Å². The number of nitrogens with one attached hydrogen (secondary N) is 1. The zero-order valence-electron chi connectivity index (χ0n) is 13.9. The average molecular weight is 307 g/mol. The minimum atomic E-state index is 0.187. The molecule has 0 unspecified atom stereocenters. The van der Waals surface area contributed by atoms with Crippen molar-refractivity contribution in [3.05, 3.63) is 11.7 Å². The van der Waals surface area contributed by atoms with Gasteiger partial charge in [0.15, 0.2) is 5.82 Å². The SMILES string of the molecule is CC(C)c1noc([C@@H](NC2CCCCC2)C2CCOCC2)n1. The Kier molecular flexibility index (Phi) is 5.47. The van der Waals surface area contributed by atoms with E-state index in [4.69, 9.17) is 9.26 Å². The van der Waals surface area contributed by atoms with Crippen LogP contribution in [0.25, 0.3) is 0 Å². The Labute approximate surface area is 133 Å². The third-order valence-electron chi connectivity index (χ3n) is 5.00. The average Bonchev–Trinajstić information content (AvgIpc) is 3.04. The van der Waals surface area contributed by atoms with Gasteiger partial charge >= 0.3 is 0 Å². The molecule has 1 aliphatic heterocycles. The first-order valence-corrected chi connectivity index (χ1v) is 8.91. The molecule has 1 aromatic rings. The van der Waals surface area contributed by atoms with E-state index in [9.17, 15) is 0 Å². The summed E-state index contributed by atoms with van der Waals surface area (Å²) in [6.07, 6.45) is 8.72. The van der Waals surface area contributed by atoms with Gasteiger partial charge in [-0.2, -0.15) is 4.98 Å². The van der Waals surface area contributed by atoms with E-state index in [-0.39, 0.29) is 6.04 Å². The Bertz CT molecular complexity index is 449. The van der Waals surface area contributed by atoms with Gasteiger partial charge in [0.2, 0.25) is 5.89 Å². The van der Waals surface area contributed by atoms with Crippen molar-refractivity contribution in [2.45, 2.75) is 76.8 Å². The fourth-order valence-corrected chi connectivity index (χ4v) is 3.59. The summed E-state index contributed by atoms with van der Waals surface area (Å²) in [7, 11) is 0. The van der Waals surface area contributed by atoms with Gasteiger partial charge in [0.1, 0.15) is 0 Å². The number of nitrogens with zero attached hydrogens (tertiary/aromatic N) is 2. The summed E-state index contributed by atoms with van der Waals surface area (Å²) < 4.78 is 11.1. The van der Waals surface area contributed by atoms with Crippen LogP contribution in [-0.4, -0.2) is 29.4 Å². The van der Waals surface area contributed by atoms with Crippen molar-refractivity contribution in [1.82, 2.24) is 15.5 Å². The molecule has 0 bridgehead atoms. The maximum atomic E-state index is 5.62. The standard InChI is InChI=1S/C17H29N3O2/c1-12(2)16-19-17(22-20-16)15(13-8-10-21-11-9-13)18-14-6-4-3-5-7-14/h12-15,18H,3-11H2,1-2H3/t15-/m0/s1. The van der Waals surface area contributed by atoms with Crippen molar-refractivity contribution < 1.29 is 9.26 Å². The lowest BCUT2D eigenvalue weighted by Gasteiger charge is -2.33. The predicted octanol–water partition coefficient (Wildman–Crippen LogP) is 3.58. The predicted molar refractivity (Wildman–Crippen MR) is 84.7 cm³/mol. The van der Waals surface area contributed by atoms with Gasteiger partial charge in [-0.1, -0.05) is 38.3 Å². The third kappa shape index (κ3) is 3.87. The molecule has 1 aliphatic carbocycles. The number of hydrogen-bond donors (Lipinski definition) is 1. The lowest BCUT2D eigenvalue weighted by Crippen LogP contribution is -2.39. The molecule has 0 spiro atoms. The molecule has 0 aromatic carbocycles. The molecule has 0 radical (unpaired) electrons. The molecule has 5 nitrogen and oxygen atoms in total. The van der Waals surface area contributed by atoms with Crippen molar-refractivity contribution in [2.24, 2.45) is 5.92 Å². The molecule has 2 aliphatic rings. The molecule has 1 N–H and O–H groups in total. The summed E-state index contributed by atoms with van der Waals surface area (Å²) in [4.78, 5) is 4.67. The largest absolute Gasteiger partial charge is 0.381 e. The normalized spacial score (nSPS) is 23.0. The quantitative estimate of drug-likeness (QED) is 0.901. The van der Waals surface area contributed by atoms with Gasteiger partial charge in [-0.05, 0) is 31.6 Å². The maximum absolute atomic E-state index is 5.62. The summed E-state index contributed by atoms with van der Waals surface area (Å²) in [5.74, 6) is 2.44. The Morgan fingerprint density at radius 3 is 2.41 bits per heavy atom. The van der Waals surface area contributed by atoms with Crippen molar-refractivity contribution >= 4 is 0 Å². The van der Waals surface area contributed by atoms with Crippen LogP contribution in [0.2, 0.25) is 0 Å². The molecule has 5 heteroatoms. The molecule has 124 valence electrons. The smallest absolute Gasteiger partial charge is 0.244 e.